The number of para-hydroxylation sites is 1. The fraction of sp³-hybridized carbons (Fsp3) is 0.571. The van der Waals surface area contributed by atoms with Crippen molar-refractivity contribution in [3.05, 3.63) is 23.8 Å². The first-order valence-electron chi connectivity index (χ1n) is 6.05. The Bertz CT molecular complexity index is 365. The molecule has 16 heavy (non-hydrogen) atoms. The number of aryl methyl sites for hydroxylation is 1. The van der Waals surface area contributed by atoms with E-state index in [-0.39, 0.29) is 5.41 Å². The predicted molar refractivity (Wildman–Crippen MR) is 68.2 cm³/mol. The molecular weight excluding hydrogens is 198 g/mol. The number of benzene rings is 1. The van der Waals surface area contributed by atoms with E-state index in [9.17, 15) is 0 Å². The molecule has 0 saturated heterocycles. The molecule has 0 spiro atoms. The molecule has 1 aromatic carbocycles. The number of hydrogen-bond donors (Lipinski definition) is 1. The first kappa shape index (κ1) is 11.3. The van der Waals surface area contributed by atoms with Gasteiger partial charge < -0.3 is 10.1 Å². The lowest BCUT2D eigenvalue weighted by Gasteiger charge is -2.24. The smallest absolute Gasteiger partial charge is 0.142 e. The maximum atomic E-state index is 5.91. The molecule has 0 radical (unpaired) electrons. The highest BCUT2D eigenvalue weighted by atomic mass is 16.5. The number of fused-ring (bicyclic) bond motifs is 1. The van der Waals surface area contributed by atoms with E-state index in [1.807, 2.05) is 0 Å². The summed E-state index contributed by atoms with van der Waals surface area (Å²) in [4.78, 5) is 0. The molecule has 1 aliphatic heterocycles. The second-order valence-electron chi connectivity index (χ2n) is 5.67. The van der Waals surface area contributed by atoms with Crippen molar-refractivity contribution in [1.29, 1.82) is 0 Å². The van der Waals surface area contributed by atoms with E-state index in [4.69, 9.17) is 4.74 Å². The van der Waals surface area contributed by atoms with Crippen LogP contribution in [0.25, 0.3) is 0 Å². The van der Waals surface area contributed by atoms with Crippen LogP contribution >= 0.6 is 0 Å². The summed E-state index contributed by atoms with van der Waals surface area (Å²) in [5.74, 6) is 1.01. The molecule has 0 aromatic heterocycles. The van der Waals surface area contributed by atoms with Gasteiger partial charge in [0, 0.05) is 6.54 Å². The summed E-state index contributed by atoms with van der Waals surface area (Å²) in [7, 11) is 0. The Kier molecular flexibility index (Phi) is 3.08. The van der Waals surface area contributed by atoms with Gasteiger partial charge in [-0.3, -0.25) is 0 Å². The van der Waals surface area contributed by atoms with Crippen molar-refractivity contribution >= 4 is 5.69 Å². The SMILES string of the molecule is CC(C)(C)COc1cccc2c1NCCC2. The first-order chi connectivity index (χ1) is 7.56. The van der Waals surface area contributed by atoms with E-state index in [0.29, 0.717) is 0 Å². The van der Waals surface area contributed by atoms with Crippen LogP contribution < -0.4 is 10.1 Å². The van der Waals surface area contributed by atoms with E-state index in [1.54, 1.807) is 0 Å². The molecule has 0 unspecified atom stereocenters. The average molecular weight is 219 g/mol. The van der Waals surface area contributed by atoms with Gasteiger partial charge in [-0.05, 0) is 29.9 Å². The van der Waals surface area contributed by atoms with Gasteiger partial charge in [-0.2, -0.15) is 0 Å². The van der Waals surface area contributed by atoms with Gasteiger partial charge >= 0.3 is 0 Å². The molecule has 0 saturated carbocycles. The van der Waals surface area contributed by atoms with Crippen molar-refractivity contribution in [3.63, 3.8) is 0 Å². The Morgan fingerprint density at radius 1 is 1.31 bits per heavy atom. The Labute approximate surface area is 98.0 Å². The highest BCUT2D eigenvalue weighted by molar-refractivity contribution is 5.63. The average Bonchev–Trinajstić information content (AvgIpc) is 2.25. The van der Waals surface area contributed by atoms with E-state index >= 15 is 0 Å². The molecule has 88 valence electrons. The van der Waals surface area contributed by atoms with Crippen LogP contribution in [-0.2, 0) is 6.42 Å². The van der Waals surface area contributed by atoms with Crippen molar-refractivity contribution in [3.8, 4) is 5.75 Å². The molecule has 0 bridgehead atoms. The van der Waals surface area contributed by atoms with E-state index in [0.717, 1.165) is 25.3 Å². The monoisotopic (exact) mass is 219 g/mol. The largest absolute Gasteiger partial charge is 0.491 e. The number of hydrogen-bond acceptors (Lipinski definition) is 2. The van der Waals surface area contributed by atoms with Gasteiger partial charge in [0.2, 0.25) is 0 Å². The van der Waals surface area contributed by atoms with E-state index in [2.05, 4.69) is 44.3 Å². The van der Waals surface area contributed by atoms with Gasteiger partial charge in [-0.15, -0.1) is 0 Å². The maximum absolute atomic E-state index is 5.91. The fourth-order valence-electron chi connectivity index (χ4n) is 1.89. The molecule has 1 N–H and O–H groups in total. The molecule has 1 aromatic rings. The van der Waals surface area contributed by atoms with Crippen molar-refractivity contribution in [2.75, 3.05) is 18.5 Å². The van der Waals surface area contributed by atoms with Gasteiger partial charge in [-0.1, -0.05) is 32.9 Å². The third-order valence-electron chi connectivity index (χ3n) is 2.70. The quantitative estimate of drug-likeness (QED) is 0.822. The summed E-state index contributed by atoms with van der Waals surface area (Å²) >= 11 is 0. The number of nitrogens with one attached hydrogen (secondary N) is 1. The molecule has 2 rings (SSSR count). The lowest BCUT2D eigenvalue weighted by molar-refractivity contribution is 0.198. The zero-order valence-electron chi connectivity index (χ0n) is 10.5. The van der Waals surface area contributed by atoms with Crippen LogP contribution in [0.5, 0.6) is 5.75 Å². The third-order valence-corrected chi connectivity index (χ3v) is 2.70. The summed E-state index contributed by atoms with van der Waals surface area (Å²) in [6.07, 6.45) is 2.38. The van der Waals surface area contributed by atoms with Gasteiger partial charge in [0.15, 0.2) is 0 Å². The highest BCUT2D eigenvalue weighted by Gasteiger charge is 2.16. The second-order valence-corrected chi connectivity index (χ2v) is 5.67. The molecule has 0 fully saturated rings. The molecule has 0 atom stereocenters. The molecule has 0 amide bonds. The van der Waals surface area contributed by atoms with Gasteiger partial charge in [0.05, 0.1) is 12.3 Å². The van der Waals surface area contributed by atoms with Crippen LogP contribution in [0.1, 0.15) is 32.8 Å². The minimum absolute atomic E-state index is 0.206. The Balaban J connectivity index is 2.15. The summed E-state index contributed by atoms with van der Waals surface area (Å²) < 4.78 is 5.91. The van der Waals surface area contributed by atoms with Crippen molar-refractivity contribution in [1.82, 2.24) is 0 Å². The molecule has 2 heteroatoms. The van der Waals surface area contributed by atoms with Gasteiger partial charge in [0.25, 0.3) is 0 Å². The lowest BCUT2D eigenvalue weighted by Crippen LogP contribution is -2.19. The molecule has 1 aliphatic rings. The minimum atomic E-state index is 0.206. The summed E-state index contributed by atoms with van der Waals surface area (Å²) in [6, 6.07) is 6.33. The van der Waals surface area contributed by atoms with Crippen LogP contribution in [0, 0.1) is 5.41 Å². The summed E-state index contributed by atoms with van der Waals surface area (Å²) in [6.45, 7) is 8.38. The van der Waals surface area contributed by atoms with Crippen molar-refractivity contribution < 1.29 is 4.74 Å². The molecule has 2 nitrogen and oxygen atoms in total. The first-order valence-corrected chi connectivity index (χ1v) is 6.05. The number of rotatable bonds is 2. The van der Waals surface area contributed by atoms with Crippen molar-refractivity contribution in [2.45, 2.75) is 33.6 Å². The molecule has 1 heterocycles. The maximum Gasteiger partial charge on any atom is 0.142 e. The van der Waals surface area contributed by atoms with E-state index < -0.39 is 0 Å². The number of anilines is 1. The van der Waals surface area contributed by atoms with Crippen LogP contribution in [0.2, 0.25) is 0 Å². The zero-order chi connectivity index (χ0) is 11.6. The van der Waals surface area contributed by atoms with Crippen LogP contribution in [0.4, 0.5) is 5.69 Å². The summed E-state index contributed by atoms with van der Waals surface area (Å²) in [5.41, 5.74) is 2.80. The minimum Gasteiger partial charge on any atom is -0.491 e. The lowest BCUT2D eigenvalue weighted by atomic mass is 9.98. The third kappa shape index (κ3) is 2.69. The van der Waals surface area contributed by atoms with Gasteiger partial charge in [-0.25, -0.2) is 0 Å². The predicted octanol–water partition coefficient (Wildman–Crippen LogP) is 3.47. The topological polar surface area (TPSA) is 21.3 Å². The molecular formula is C14H21NO. The van der Waals surface area contributed by atoms with Crippen LogP contribution in [0.3, 0.4) is 0 Å². The van der Waals surface area contributed by atoms with Crippen LogP contribution in [0.15, 0.2) is 18.2 Å². The Hall–Kier alpha value is -1.18. The van der Waals surface area contributed by atoms with Crippen molar-refractivity contribution in [2.24, 2.45) is 5.41 Å². The van der Waals surface area contributed by atoms with E-state index in [1.165, 1.54) is 17.7 Å². The Morgan fingerprint density at radius 3 is 2.88 bits per heavy atom. The standard InChI is InChI=1S/C14H21NO/c1-14(2,3)10-16-12-8-4-6-11-7-5-9-15-13(11)12/h4,6,8,15H,5,7,9-10H2,1-3H3. The second kappa shape index (κ2) is 4.36. The highest BCUT2D eigenvalue weighted by Crippen LogP contribution is 2.32. The zero-order valence-corrected chi connectivity index (χ0v) is 10.5. The normalized spacial score (nSPS) is 15.2. The van der Waals surface area contributed by atoms with Crippen LogP contribution in [-0.4, -0.2) is 13.2 Å². The fourth-order valence-corrected chi connectivity index (χ4v) is 1.89. The Morgan fingerprint density at radius 2 is 2.12 bits per heavy atom. The number of ether oxygens (including phenoxy) is 1. The van der Waals surface area contributed by atoms with Gasteiger partial charge in [0.1, 0.15) is 5.75 Å². The molecule has 0 aliphatic carbocycles. The summed E-state index contributed by atoms with van der Waals surface area (Å²) in [5, 5.41) is 3.44.